The molecule has 3 N–H and O–H groups in total. The van der Waals surface area contributed by atoms with Gasteiger partial charge < -0.3 is 25.3 Å². The maximum absolute atomic E-state index is 14.0. The highest BCUT2D eigenvalue weighted by atomic mass is 16.6. The minimum atomic E-state index is -2.03. The molecule has 2 amide bonds. The highest BCUT2D eigenvalue weighted by Crippen LogP contribution is 2.47. The Labute approximate surface area is 277 Å². The Hall–Kier alpha value is -5.24. The van der Waals surface area contributed by atoms with Gasteiger partial charge in [-0.3, -0.25) is 24.4 Å². The molecule has 0 bridgehead atoms. The molecule has 1 fully saturated rings. The van der Waals surface area contributed by atoms with Crippen LogP contribution in [0.4, 0.5) is 17.1 Å². The van der Waals surface area contributed by atoms with Crippen molar-refractivity contribution in [1.29, 1.82) is 0 Å². The van der Waals surface area contributed by atoms with Crippen molar-refractivity contribution in [3.63, 3.8) is 0 Å². The topological polar surface area (TPSA) is 167 Å². The van der Waals surface area contributed by atoms with Crippen molar-refractivity contribution >= 4 is 28.9 Å². The largest absolute Gasteiger partial charge is 0.395 e. The van der Waals surface area contributed by atoms with Crippen LogP contribution in [-0.4, -0.2) is 68.2 Å². The number of aromatic nitrogens is 3. The normalized spacial score (nSPS) is 19.1. The van der Waals surface area contributed by atoms with Gasteiger partial charge in [0.25, 0.3) is 11.6 Å². The predicted molar refractivity (Wildman–Crippen MR) is 178 cm³/mol. The van der Waals surface area contributed by atoms with Crippen LogP contribution in [0.5, 0.6) is 0 Å². The molecule has 3 atom stereocenters. The van der Waals surface area contributed by atoms with Crippen molar-refractivity contribution in [3.8, 4) is 0 Å². The summed E-state index contributed by atoms with van der Waals surface area (Å²) in [6.45, 7) is 3.74. The highest BCUT2D eigenvalue weighted by molar-refractivity contribution is 6.07. The van der Waals surface area contributed by atoms with E-state index in [1.807, 2.05) is 60.7 Å². The number of fused-ring (bicyclic) bond motifs is 1. The molecule has 0 aliphatic carbocycles. The summed E-state index contributed by atoms with van der Waals surface area (Å²) in [5, 5.41) is 45.1. The summed E-state index contributed by atoms with van der Waals surface area (Å²) in [5.41, 5.74) is 1.45. The van der Waals surface area contributed by atoms with Crippen molar-refractivity contribution in [1.82, 2.24) is 20.3 Å². The Morgan fingerprint density at radius 3 is 2.58 bits per heavy atom. The first-order chi connectivity index (χ1) is 23.2. The molecule has 248 valence electrons. The van der Waals surface area contributed by atoms with Crippen molar-refractivity contribution in [2.24, 2.45) is 5.92 Å². The van der Waals surface area contributed by atoms with E-state index >= 15 is 0 Å². The van der Waals surface area contributed by atoms with Crippen LogP contribution in [0.25, 0.3) is 0 Å². The third-order valence-corrected chi connectivity index (χ3v) is 9.05. The zero-order valence-corrected chi connectivity index (χ0v) is 26.5. The van der Waals surface area contributed by atoms with E-state index < -0.39 is 22.3 Å². The van der Waals surface area contributed by atoms with Gasteiger partial charge in [0.1, 0.15) is 0 Å². The molecule has 0 radical (unpaired) electrons. The molecule has 4 aromatic rings. The summed E-state index contributed by atoms with van der Waals surface area (Å²) < 4.78 is 1.68. The van der Waals surface area contributed by atoms with Gasteiger partial charge in [0, 0.05) is 55.1 Å². The molecule has 1 unspecified atom stereocenters. The van der Waals surface area contributed by atoms with Gasteiger partial charge in [0.2, 0.25) is 5.91 Å². The molecule has 3 heterocycles. The average molecular weight is 652 g/mol. The Morgan fingerprint density at radius 1 is 1.10 bits per heavy atom. The number of aliphatic hydroxyl groups excluding tert-OH is 1. The number of nitrogens with zero attached hydrogens (tertiary/aromatic N) is 6. The fourth-order valence-corrected chi connectivity index (χ4v) is 6.33. The number of nitrogens with one attached hydrogen (secondary N) is 1. The van der Waals surface area contributed by atoms with Gasteiger partial charge in [0.05, 0.1) is 41.9 Å². The Morgan fingerprint density at radius 2 is 1.88 bits per heavy atom. The lowest BCUT2D eigenvalue weighted by Crippen LogP contribution is -2.48. The Bertz CT molecular complexity index is 1830. The summed E-state index contributed by atoms with van der Waals surface area (Å²) in [4.78, 5) is 40.6. The number of allylic oxidation sites excluding steroid dienone is 1. The van der Waals surface area contributed by atoms with E-state index in [0.717, 1.165) is 16.8 Å². The number of hydrogen-bond donors (Lipinski definition) is 3. The van der Waals surface area contributed by atoms with Crippen molar-refractivity contribution in [2.75, 3.05) is 36.0 Å². The Kier molecular flexibility index (Phi) is 9.44. The van der Waals surface area contributed by atoms with Gasteiger partial charge in [-0.15, -0.1) is 5.10 Å². The van der Waals surface area contributed by atoms with Crippen LogP contribution in [0.15, 0.2) is 91.1 Å². The van der Waals surface area contributed by atoms with E-state index in [1.165, 1.54) is 23.1 Å². The van der Waals surface area contributed by atoms with Gasteiger partial charge in [-0.2, -0.15) is 0 Å². The van der Waals surface area contributed by atoms with E-state index in [2.05, 4.69) is 15.6 Å². The van der Waals surface area contributed by atoms with Crippen LogP contribution in [0.1, 0.15) is 41.6 Å². The van der Waals surface area contributed by atoms with Crippen LogP contribution in [0, 0.1) is 16.0 Å². The first-order valence-electron chi connectivity index (χ1n) is 15.9. The zero-order valence-electron chi connectivity index (χ0n) is 26.5. The van der Waals surface area contributed by atoms with Crippen molar-refractivity contribution in [2.45, 2.75) is 38.0 Å². The van der Waals surface area contributed by atoms with Gasteiger partial charge in [-0.05, 0) is 35.7 Å². The maximum Gasteiger partial charge on any atom is 0.269 e. The van der Waals surface area contributed by atoms with Crippen LogP contribution in [0.2, 0.25) is 0 Å². The quantitative estimate of drug-likeness (QED) is 0.118. The predicted octanol–water partition coefficient (Wildman–Crippen LogP) is 3.26. The molecular weight excluding hydrogens is 614 g/mol. The van der Waals surface area contributed by atoms with E-state index in [-0.39, 0.29) is 42.8 Å². The van der Waals surface area contributed by atoms with Crippen molar-refractivity contribution in [3.05, 3.63) is 124 Å². The second kappa shape index (κ2) is 13.9. The fraction of sp³-hybridized carbons (Fsp3) is 0.314. The number of anilines is 2. The highest BCUT2D eigenvalue weighted by Gasteiger charge is 2.53. The number of rotatable bonds is 12. The second-order valence-electron chi connectivity index (χ2n) is 12.1. The molecule has 1 aromatic heterocycles. The number of aryl methyl sites for hydroxylation is 1. The smallest absolute Gasteiger partial charge is 0.269 e. The lowest BCUT2D eigenvalue weighted by Gasteiger charge is -2.28. The number of carbonyl (C=O) groups excluding carboxylic acids is 2. The average Bonchev–Trinajstić information content (AvgIpc) is 3.65. The third-order valence-electron chi connectivity index (χ3n) is 9.05. The molecule has 0 spiro atoms. The number of carbonyl (C=O) groups is 2. The van der Waals surface area contributed by atoms with Crippen LogP contribution < -0.4 is 15.1 Å². The van der Waals surface area contributed by atoms with E-state index in [4.69, 9.17) is 0 Å². The van der Waals surface area contributed by atoms with Crippen LogP contribution in [-0.2, 0) is 28.3 Å². The lowest BCUT2D eigenvalue weighted by molar-refractivity contribution is -0.385. The Balaban J connectivity index is 1.17. The van der Waals surface area contributed by atoms with E-state index in [9.17, 15) is 29.9 Å². The molecule has 6 rings (SSSR count). The molecular formula is C35H37N7O6. The number of benzene rings is 3. The number of non-ortho nitro benzene ring substituents is 1. The molecule has 48 heavy (non-hydrogen) atoms. The first kappa shape index (κ1) is 32.7. The molecule has 2 aliphatic rings. The van der Waals surface area contributed by atoms with E-state index in [0.29, 0.717) is 37.4 Å². The molecule has 0 saturated carbocycles. The lowest BCUT2D eigenvalue weighted by atomic mass is 9.82. The van der Waals surface area contributed by atoms with Gasteiger partial charge in [0.15, 0.2) is 5.60 Å². The van der Waals surface area contributed by atoms with Crippen LogP contribution >= 0.6 is 0 Å². The standard InChI is InChI=1S/C35H37N7O6/c1-24(7-5-6-17-39-22-31(37-38-39)29(23-43)26-8-3-2-4-9-26)35(46)30-19-28(42(47)48)14-15-32(30)41(34(35)45)21-25-10-12-27(13-11-25)40-18-16-36-20-33(40)44/h2-5,7-15,19,22,24,29,36,43,46H,6,16-18,20-21,23H2,1H3/b7-5+/t24-,29?,35+/m0/s1. The van der Waals surface area contributed by atoms with Crippen LogP contribution in [0.3, 0.4) is 0 Å². The summed E-state index contributed by atoms with van der Waals surface area (Å²) in [6.07, 6.45) is 5.88. The maximum atomic E-state index is 14.0. The zero-order chi connectivity index (χ0) is 33.8. The number of aliphatic hydroxyl groups is 2. The molecule has 1 saturated heterocycles. The molecule has 2 aliphatic heterocycles. The van der Waals surface area contributed by atoms with Gasteiger partial charge in [-0.1, -0.05) is 66.8 Å². The van der Waals surface area contributed by atoms with Crippen molar-refractivity contribution < 1.29 is 24.7 Å². The monoisotopic (exact) mass is 651 g/mol. The van der Waals surface area contributed by atoms with Gasteiger partial charge in [-0.25, -0.2) is 0 Å². The summed E-state index contributed by atoms with van der Waals surface area (Å²) in [6, 6.07) is 21.0. The number of nitro groups is 1. The summed E-state index contributed by atoms with van der Waals surface area (Å²) >= 11 is 0. The minimum Gasteiger partial charge on any atom is -0.395 e. The summed E-state index contributed by atoms with van der Waals surface area (Å²) in [5.74, 6) is -1.61. The van der Waals surface area contributed by atoms with E-state index in [1.54, 1.807) is 28.8 Å². The molecule has 13 nitrogen and oxygen atoms in total. The number of nitro benzene ring substituents is 1. The number of hydrogen-bond acceptors (Lipinski definition) is 9. The second-order valence-corrected chi connectivity index (χ2v) is 12.1. The number of piperazine rings is 1. The molecule has 3 aromatic carbocycles. The number of amides is 2. The fourth-order valence-electron chi connectivity index (χ4n) is 6.33. The summed E-state index contributed by atoms with van der Waals surface area (Å²) in [7, 11) is 0. The SMILES string of the molecule is C[C@@H](/C=C/CCn1cc(C(CO)c2ccccc2)nn1)[C@]1(O)C(=O)N(Cc2ccc(N3CCNCC3=O)cc2)c2ccc([N+](=O)[O-])cc21. The van der Waals surface area contributed by atoms with Gasteiger partial charge >= 0.3 is 0 Å². The molecule has 13 heteroatoms. The minimum absolute atomic E-state index is 0.0178. The third kappa shape index (κ3) is 6.35. The first-order valence-corrected chi connectivity index (χ1v) is 15.9.